The van der Waals surface area contributed by atoms with E-state index in [-0.39, 0.29) is 0 Å². The van der Waals surface area contributed by atoms with Crippen LogP contribution in [0.3, 0.4) is 0 Å². The van der Waals surface area contributed by atoms with Gasteiger partial charge in [0.15, 0.2) is 0 Å². The minimum absolute atomic E-state index is 0.666. The SMILES string of the molecule is CC1CN(C2CSC(C)C2)CC(C)N1. The van der Waals surface area contributed by atoms with Crippen molar-refractivity contribution in [3.8, 4) is 0 Å². The second-order valence-corrected chi connectivity index (χ2v) is 6.43. The maximum Gasteiger partial charge on any atom is 0.0198 e. The van der Waals surface area contributed by atoms with Crippen LogP contribution in [0.15, 0.2) is 0 Å². The van der Waals surface area contributed by atoms with Crippen molar-refractivity contribution in [2.24, 2.45) is 0 Å². The van der Waals surface area contributed by atoms with Crippen molar-refractivity contribution in [3.05, 3.63) is 0 Å². The highest BCUT2D eigenvalue weighted by atomic mass is 32.2. The van der Waals surface area contributed by atoms with Gasteiger partial charge in [0.2, 0.25) is 0 Å². The lowest BCUT2D eigenvalue weighted by Gasteiger charge is -2.39. The van der Waals surface area contributed by atoms with Crippen LogP contribution in [-0.4, -0.2) is 47.1 Å². The Morgan fingerprint density at radius 2 is 1.79 bits per heavy atom. The fourth-order valence-electron chi connectivity index (χ4n) is 2.72. The molecule has 2 rings (SSSR count). The third kappa shape index (κ3) is 2.44. The van der Waals surface area contributed by atoms with Gasteiger partial charge in [-0.05, 0) is 20.3 Å². The summed E-state index contributed by atoms with van der Waals surface area (Å²) >= 11 is 2.14. The third-order valence-electron chi connectivity index (χ3n) is 3.28. The summed E-state index contributed by atoms with van der Waals surface area (Å²) in [6.07, 6.45) is 1.39. The molecule has 2 nitrogen and oxygen atoms in total. The van der Waals surface area contributed by atoms with E-state index in [1.165, 1.54) is 25.3 Å². The van der Waals surface area contributed by atoms with Gasteiger partial charge in [-0.2, -0.15) is 11.8 Å². The monoisotopic (exact) mass is 214 g/mol. The minimum atomic E-state index is 0.666. The molecule has 0 radical (unpaired) electrons. The maximum absolute atomic E-state index is 3.60. The van der Waals surface area contributed by atoms with Crippen molar-refractivity contribution in [2.75, 3.05) is 18.8 Å². The molecule has 2 aliphatic heterocycles. The first-order valence-corrected chi connectivity index (χ1v) is 6.81. The lowest BCUT2D eigenvalue weighted by atomic mass is 10.1. The molecule has 1 N–H and O–H groups in total. The standard InChI is InChI=1S/C11H22N2S/c1-8-5-13(6-9(2)12-8)11-4-10(3)14-7-11/h8-12H,4-7H2,1-3H3. The molecular formula is C11H22N2S. The number of piperazine rings is 1. The molecule has 4 unspecified atom stereocenters. The molecule has 2 aliphatic rings. The van der Waals surface area contributed by atoms with Crippen LogP contribution in [0.2, 0.25) is 0 Å². The fraction of sp³-hybridized carbons (Fsp3) is 1.00. The molecule has 4 atom stereocenters. The smallest absolute Gasteiger partial charge is 0.0198 e. The molecule has 0 bridgehead atoms. The summed E-state index contributed by atoms with van der Waals surface area (Å²) in [6, 6.07) is 2.18. The van der Waals surface area contributed by atoms with Gasteiger partial charge in [-0.25, -0.2) is 0 Å². The van der Waals surface area contributed by atoms with Crippen LogP contribution >= 0.6 is 11.8 Å². The Morgan fingerprint density at radius 3 is 2.29 bits per heavy atom. The largest absolute Gasteiger partial charge is 0.309 e. The summed E-state index contributed by atoms with van der Waals surface area (Å²) in [5.41, 5.74) is 0. The molecule has 0 amide bonds. The first kappa shape index (κ1) is 10.8. The molecule has 82 valence electrons. The van der Waals surface area contributed by atoms with E-state index < -0.39 is 0 Å². The van der Waals surface area contributed by atoms with E-state index in [2.05, 4.69) is 42.7 Å². The zero-order valence-corrected chi connectivity index (χ0v) is 10.3. The predicted molar refractivity (Wildman–Crippen MR) is 64.0 cm³/mol. The third-order valence-corrected chi connectivity index (χ3v) is 4.62. The van der Waals surface area contributed by atoms with E-state index in [0.29, 0.717) is 12.1 Å². The van der Waals surface area contributed by atoms with E-state index in [4.69, 9.17) is 0 Å². The Hall–Kier alpha value is 0.270. The van der Waals surface area contributed by atoms with Gasteiger partial charge in [0.25, 0.3) is 0 Å². The van der Waals surface area contributed by atoms with Crippen LogP contribution in [0.1, 0.15) is 27.2 Å². The highest BCUT2D eigenvalue weighted by Gasteiger charge is 2.31. The molecule has 14 heavy (non-hydrogen) atoms. The molecule has 0 aromatic rings. The van der Waals surface area contributed by atoms with Crippen molar-refractivity contribution in [3.63, 3.8) is 0 Å². The first-order chi connectivity index (χ1) is 6.65. The van der Waals surface area contributed by atoms with Gasteiger partial charge in [-0.3, -0.25) is 4.90 Å². The van der Waals surface area contributed by atoms with Crippen LogP contribution < -0.4 is 5.32 Å². The number of nitrogens with one attached hydrogen (secondary N) is 1. The lowest BCUT2D eigenvalue weighted by Crippen LogP contribution is -2.57. The van der Waals surface area contributed by atoms with Crippen LogP contribution in [0.25, 0.3) is 0 Å². The molecule has 0 aromatic heterocycles. The Kier molecular flexibility index (Phi) is 3.40. The van der Waals surface area contributed by atoms with Crippen LogP contribution in [0, 0.1) is 0 Å². The first-order valence-electron chi connectivity index (χ1n) is 5.77. The van der Waals surface area contributed by atoms with Gasteiger partial charge < -0.3 is 5.32 Å². The molecular weight excluding hydrogens is 192 g/mol. The summed E-state index contributed by atoms with van der Waals surface area (Å²) in [6.45, 7) is 9.44. The maximum atomic E-state index is 3.60. The van der Waals surface area contributed by atoms with Crippen molar-refractivity contribution in [2.45, 2.75) is 50.6 Å². The van der Waals surface area contributed by atoms with Crippen LogP contribution in [-0.2, 0) is 0 Å². The highest BCUT2D eigenvalue weighted by molar-refractivity contribution is 8.00. The van der Waals surface area contributed by atoms with Gasteiger partial charge in [0.05, 0.1) is 0 Å². The highest BCUT2D eigenvalue weighted by Crippen LogP contribution is 2.30. The van der Waals surface area contributed by atoms with Crippen LogP contribution in [0.5, 0.6) is 0 Å². The second kappa shape index (κ2) is 4.42. The van der Waals surface area contributed by atoms with Gasteiger partial charge in [0.1, 0.15) is 0 Å². The zero-order valence-electron chi connectivity index (χ0n) is 9.49. The molecule has 2 saturated heterocycles. The van der Waals surface area contributed by atoms with Gasteiger partial charge in [-0.15, -0.1) is 0 Å². The fourth-order valence-corrected chi connectivity index (χ4v) is 3.97. The Bertz CT molecular complexity index is 188. The summed E-state index contributed by atoms with van der Waals surface area (Å²) in [7, 11) is 0. The number of hydrogen-bond acceptors (Lipinski definition) is 3. The predicted octanol–water partition coefficient (Wildman–Crippen LogP) is 1.56. The van der Waals surface area contributed by atoms with Gasteiger partial charge in [-0.1, -0.05) is 6.92 Å². The van der Waals surface area contributed by atoms with E-state index >= 15 is 0 Å². The molecule has 0 aliphatic carbocycles. The number of hydrogen-bond donors (Lipinski definition) is 1. The van der Waals surface area contributed by atoms with E-state index in [1.54, 1.807) is 0 Å². The van der Waals surface area contributed by atoms with Gasteiger partial charge in [0, 0.05) is 42.2 Å². The van der Waals surface area contributed by atoms with Crippen molar-refractivity contribution < 1.29 is 0 Å². The number of thioether (sulfide) groups is 1. The number of nitrogens with zero attached hydrogens (tertiary/aromatic N) is 1. The van der Waals surface area contributed by atoms with Crippen molar-refractivity contribution in [1.82, 2.24) is 10.2 Å². The topological polar surface area (TPSA) is 15.3 Å². The lowest BCUT2D eigenvalue weighted by molar-refractivity contribution is 0.132. The Labute approximate surface area is 91.8 Å². The summed E-state index contributed by atoms with van der Waals surface area (Å²) in [5, 5.41) is 4.47. The van der Waals surface area contributed by atoms with E-state index in [0.717, 1.165) is 11.3 Å². The van der Waals surface area contributed by atoms with Crippen LogP contribution in [0.4, 0.5) is 0 Å². The van der Waals surface area contributed by atoms with E-state index in [1.807, 2.05) is 0 Å². The molecule has 2 fully saturated rings. The summed E-state index contributed by atoms with van der Waals surface area (Å²) in [5.74, 6) is 1.35. The second-order valence-electron chi connectivity index (χ2n) is 4.96. The summed E-state index contributed by atoms with van der Waals surface area (Å²) < 4.78 is 0. The normalized spacial score (nSPS) is 45.6. The quantitative estimate of drug-likeness (QED) is 0.713. The van der Waals surface area contributed by atoms with Gasteiger partial charge >= 0.3 is 0 Å². The Balaban J connectivity index is 1.90. The number of rotatable bonds is 1. The average molecular weight is 214 g/mol. The Morgan fingerprint density at radius 1 is 1.14 bits per heavy atom. The summed E-state index contributed by atoms with van der Waals surface area (Å²) in [4.78, 5) is 2.70. The molecule has 0 saturated carbocycles. The molecule has 3 heteroatoms. The van der Waals surface area contributed by atoms with E-state index in [9.17, 15) is 0 Å². The average Bonchev–Trinajstić information content (AvgIpc) is 2.50. The molecule has 0 spiro atoms. The van der Waals surface area contributed by atoms with Crippen molar-refractivity contribution in [1.29, 1.82) is 0 Å². The zero-order chi connectivity index (χ0) is 10.1. The molecule has 0 aromatic carbocycles. The van der Waals surface area contributed by atoms with Crippen molar-refractivity contribution >= 4 is 11.8 Å². The molecule has 2 heterocycles. The minimum Gasteiger partial charge on any atom is -0.309 e.